The molecular formula is C16H26N2O. The Hall–Kier alpha value is -0.900. The minimum Gasteiger partial charge on any atom is -0.383 e. The number of nitrogens with zero attached hydrogens (tertiary/aromatic N) is 1. The molecule has 1 fully saturated rings. The molecule has 0 aromatic heterocycles. The van der Waals surface area contributed by atoms with Gasteiger partial charge in [-0.1, -0.05) is 37.3 Å². The molecule has 1 aliphatic heterocycles. The molecule has 106 valence electrons. The molecule has 2 atom stereocenters. The first kappa shape index (κ1) is 14.5. The number of nitrogens with one attached hydrogen (secondary N) is 1. The van der Waals surface area contributed by atoms with Crippen LogP contribution in [0.25, 0.3) is 0 Å². The summed E-state index contributed by atoms with van der Waals surface area (Å²) < 4.78 is 5.37. The monoisotopic (exact) mass is 262 g/mol. The van der Waals surface area contributed by atoms with Crippen LogP contribution in [0.3, 0.4) is 0 Å². The van der Waals surface area contributed by atoms with Crippen LogP contribution in [0.4, 0.5) is 0 Å². The van der Waals surface area contributed by atoms with E-state index < -0.39 is 0 Å². The highest BCUT2D eigenvalue weighted by atomic mass is 16.5. The zero-order valence-corrected chi connectivity index (χ0v) is 12.1. The summed E-state index contributed by atoms with van der Waals surface area (Å²) in [6, 6.07) is 11.4. The first-order valence-electron chi connectivity index (χ1n) is 7.33. The number of likely N-dealkylation sites (N-methyl/N-ethyl adjacent to an activating group) is 1. The smallest absolute Gasteiger partial charge is 0.0630 e. The number of hydrogen-bond acceptors (Lipinski definition) is 3. The summed E-state index contributed by atoms with van der Waals surface area (Å²) in [4.78, 5) is 2.57. The highest BCUT2D eigenvalue weighted by molar-refractivity contribution is 5.21. The van der Waals surface area contributed by atoms with Crippen LogP contribution < -0.4 is 5.32 Å². The Bertz CT molecular complexity index is 355. The Morgan fingerprint density at radius 3 is 2.84 bits per heavy atom. The van der Waals surface area contributed by atoms with E-state index in [2.05, 4.69) is 47.5 Å². The predicted octanol–water partition coefficient (Wildman–Crippen LogP) is 2.10. The van der Waals surface area contributed by atoms with Crippen LogP contribution in [0.15, 0.2) is 30.3 Å². The van der Waals surface area contributed by atoms with E-state index in [9.17, 15) is 0 Å². The van der Waals surface area contributed by atoms with Crippen molar-refractivity contribution in [2.75, 3.05) is 39.9 Å². The van der Waals surface area contributed by atoms with E-state index in [0.717, 1.165) is 26.2 Å². The molecule has 1 heterocycles. The van der Waals surface area contributed by atoms with Crippen molar-refractivity contribution in [1.29, 1.82) is 0 Å². The molecule has 1 aromatic rings. The third-order valence-corrected chi connectivity index (χ3v) is 4.00. The standard InChI is InChI=1S/C16H26N2O/c1-3-17-11-16(13-19-2)18-10-9-15(12-18)14-7-5-4-6-8-14/h4-8,15-17H,3,9-13H2,1-2H3. The Balaban J connectivity index is 1.92. The molecule has 0 radical (unpaired) electrons. The van der Waals surface area contributed by atoms with Gasteiger partial charge in [-0.3, -0.25) is 4.90 Å². The zero-order chi connectivity index (χ0) is 13.5. The Morgan fingerprint density at radius 2 is 2.16 bits per heavy atom. The fourth-order valence-corrected chi connectivity index (χ4v) is 2.91. The fraction of sp³-hybridized carbons (Fsp3) is 0.625. The molecular weight excluding hydrogens is 236 g/mol. The van der Waals surface area contributed by atoms with Crippen LogP contribution in [0.2, 0.25) is 0 Å². The molecule has 0 aliphatic carbocycles. The van der Waals surface area contributed by atoms with Crippen molar-refractivity contribution in [2.45, 2.75) is 25.3 Å². The number of ether oxygens (including phenoxy) is 1. The van der Waals surface area contributed by atoms with Gasteiger partial charge in [-0.15, -0.1) is 0 Å². The maximum Gasteiger partial charge on any atom is 0.0630 e. The first-order valence-corrected chi connectivity index (χ1v) is 7.33. The molecule has 3 nitrogen and oxygen atoms in total. The third-order valence-electron chi connectivity index (χ3n) is 4.00. The van der Waals surface area contributed by atoms with Crippen molar-refractivity contribution in [3.05, 3.63) is 35.9 Å². The quantitative estimate of drug-likeness (QED) is 0.814. The van der Waals surface area contributed by atoms with Gasteiger partial charge in [-0.05, 0) is 31.0 Å². The third kappa shape index (κ3) is 4.03. The summed E-state index contributed by atoms with van der Waals surface area (Å²) in [7, 11) is 1.80. The lowest BCUT2D eigenvalue weighted by Crippen LogP contribution is -2.44. The molecule has 0 amide bonds. The van der Waals surface area contributed by atoms with Crippen molar-refractivity contribution < 1.29 is 4.74 Å². The molecule has 1 aliphatic rings. The molecule has 1 N–H and O–H groups in total. The summed E-state index contributed by atoms with van der Waals surface area (Å²) in [6.07, 6.45) is 1.26. The SMILES string of the molecule is CCNCC(COC)N1CCC(c2ccccc2)C1. The van der Waals surface area contributed by atoms with E-state index in [1.807, 2.05) is 0 Å². The van der Waals surface area contributed by atoms with E-state index in [-0.39, 0.29) is 0 Å². The number of hydrogen-bond donors (Lipinski definition) is 1. The molecule has 1 aromatic carbocycles. The number of rotatable bonds is 7. The van der Waals surface area contributed by atoms with Crippen molar-refractivity contribution in [3.8, 4) is 0 Å². The maximum absolute atomic E-state index is 5.37. The molecule has 1 saturated heterocycles. The minimum atomic E-state index is 0.499. The number of benzene rings is 1. The summed E-state index contributed by atoms with van der Waals surface area (Å²) in [6.45, 7) is 7.35. The molecule has 0 bridgehead atoms. The normalized spacial score (nSPS) is 21.7. The van der Waals surface area contributed by atoms with Gasteiger partial charge in [0.25, 0.3) is 0 Å². The van der Waals surface area contributed by atoms with Crippen molar-refractivity contribution in [2.24, 2.45) is 0 Å². The molecule has 3 heteroatoms. The van der Waals surface area contributed by atoms with E-state index in [1.54, 1.807) is 7.11 Å². The van der Waals surface area contributed by atoms with E-state index in [1.165, 1.54) is 18.5 Å². The van der Waals surface area contributed by atoms with Crippen LogP contribution in [0.5, 0.6) is 0 Å². The van der Waals surface area contributed by atoms with Gasteiger partial charge in [0, 0.05) is 26.2 Å². The lowest BCUT2D eigenvalue weighted by molar-refractivity contribution is 0.104. The summed E-state index contributed by atoms with van der Waals surface area (Å²) >= 11 is 0. The Labute approximate surface area is 116 Å². The van der Waals surface area contributed by atoms with E-state index in [4.69, 9.17) is 4.74 Å². The largest absolute Gasteiger partial charge is 0.383 e. The van der Waals surface area contributed by atoms with Gasteiger partial charge in [0.15, 0.2) is 0 Å². The Morgan fingerprint density at radius 1 is 1.37 bits per heavy atom. The van der Waals surface area contributed by atoms with Gasteiger partial charge in [0.05, 0.1) is 6.61 Å². The number of methoxy groups -OCH3 is 1. The van der Waals surface area contributed by atoms with Gasteiger partial charge in [-0.25, -0.2) is 0 Å². The summed E-state index contributed by atoms with van der Waals surface area (Å²) in [5.74, 6) is 0.683. The van der Waals surface area contributed by atoms with Gasteiger partial charge < -0.3 is 10.1 Å². The van der Waals surface area contributed by atoms with Crippen LogP contribution in [-0.2, 0) is 4.74 Å². The minimum absolute atomic E-state index is 0.499. The van der Waals surface area contributed by atoms with Crippen molar-refractivity contribution >= 4 is 0 Å². The second-order valence-electron chi connectivity index (χ2n) is 5.31. The summed E-state index contributed by atoms with van der Waals surface area (Å²) in [5.41, 5.74) is 1.48. The molecule has 2 rings (SSSR count). The lowest BCUT2D eigenvalue weighted by atomic mass is 9.99. The second-order valence-corrected chi connectivity index (χ2v) is 5.31. The van der Waals surface area contributed by atoms with Crippen LogP contribution in [0.1, 0.15) is 24.8 Å². The van der Waals surface area contributed by atoms with Crippen LogP contribution in [-0.4, -0.2) is 50.8 Å². The van der Waals surface area contributed by atoms with Gasteiger partial charge in [-0.2, -0.15) is 0 Å². The average molecular weight is 262 g/mol. The predicted molar refractivity (Wildman–Crippen MR) is 79.6 cm³/mol. The highest BCUT2D eigenvalue weighted by Crippen LogP contribution is 2.28. The van der Waals surface area contributed by atoms with E-state index in [0.29, 0.717) is 12.0 Å². The Kier molecular flexibility index (Phi) is 5.83. The lowest BCUT2D eigenvalue weighted by Gasteiger charge is -2.27. The van der Waals surface area contributed by atoms with Gasteiger partial charge >= 0.3 is 0 Å². The van der Waals surface area contributed by atoms with Crippen LogP contribution >= 0.6 is 0 Å². The van der Waals surface area contributed by atoms with E-state index >= 15 is 0 Å². The second kappa shape index (κ2) is 7.63. The first-order chi connectivity index (χ1) is 9.35. The fourth-order valence-electron chi connectivity index (χ4n) is 2.91. The average Bonchev–Trinajstić information content (AvgIpc) is 2.94. The topological polar surface area (TPSA) is 24.5 Å². The maximum atomic E-state index is 5.37. The van der Waals surface area contributed by atoms with Crippen molar-refractivity contribution in [1.82, 2.24) is 10.2 Å². The zero-order valence-electron chi connectivity index (χ0n) is 12.1. The van der Waals surface area contributed by atoms with Gasteiger partial charge in [0.2, 0.25) is 0 Å². The molecule has 2 unspecified atom stereocenters. The van der Waals surface area contributed by atoms with Gasteiger partial charge in [0.1, 0.15) is 0 Å². The molecule has 19 heavy (non-hydrogen) atoms. The number of likely N-dealkylation sites (tertiary alicyclic amines) is 1. The molecule has 0 saturated carbocycles. The highest BCUT2D eigenvalue weighted by Gasteiger charge is 2.28. The van der Waals surface area contributed by atoms with Crippen LogP contribution in [0, 0.1) is 0 Å². The molecule has 0 spiro atoms. The van der Waals surface area contributed by atoms with Crippen molar-refractivity contribution in [3.63, 3.8) is 0 Å². The summed E-state index contributed by atoms with van der Waals surface area (Å²) in [5, 5.41) is 3.44.